The number of rotatable bonds is 6. The van der Waals surface area contributed by atoms with E-state index in [1.165, 1.54) is 5.56 Å². The number of aliphatic hydroxyl groups excluding tert-OH is 4. The predicted octanol–water partition coefficient (Wildman–Crippen LogP) is 3.26. The fourth-order valence-corrected chi connectivity index (χ4v) is 5.90. The maximum absolute atomic E-state index is 10.4. The van der Waals surface area contributed by atoms with E-state index >= 15 is 0 Å². The minimum absolute atomic E-state index is 0.326. The largest absolute Gasteiger partial charge is 0.475 e. The Morgan fingerprint density at radius 1 is 0.966 bits per heavy atom. The van der Waals surface area contributed by atoms with E-state index in [2.05, 4.69) is 63.0 Å². The van der Waals surface area contributed by atoms with Crippen LogP contribution in [0.3, 0.4) is 0 Å². The Morgan fingerprint density at radius 2 is 1.62 bits per heavy atom. The van der Waals surface area contributed by atoms with E-state index in [0.717, 1.165) is 33.8 Å². The average molecular weight is 548 g/mol. The zero-order valence-corrected chi connectivity index (χ0v) is 19.8. The summed E-state index contributed by atoms with van der Waals surface area (Å²) in [5.41, 5.74) is 2.47. The lowest BCUT2D eigenvalue weighted by molar-refractivity contribution is -0.0911. The fourth-order valence-electron chi connectivity index (χ4n) is 3.27. The molecule has 5 nitrogen and oxygen atoms in total. The van der Waals surface area contributed by atoms with Crippen LogP contribution < -0.4 is 4.74 Å². The van der Waals surface area contributed by atoms with Crippen molar-refractivity contribution in [2.75, 3.05) is 6.61 Å². The van der Waals surface area contributed by atoms with Gasteiger partial charge in [-0.15, -0.1) is 11.8 Å². The molecule has 158 valence electrons. The summed E-state index contributed by atoms with van der Waals surface area (Å²) in [5, 5.41) is 39.4. The van der Waals surface area contributed by atoms with Crippen molar-refractivity contribution in [2.45, 2.75) is 48.8 Å². The highest BCUT2D eigenvalue weighted by molar-refractivity contribution is 9.11. The summed E-state index contributed by atoms with van der Waals surface area (Å²) in [6.45, 7) is 1.79. The van der Waals surface area contributed by atoms with Gasteiger partial charge >= 0.3 is 0 Å². The molecular formula is C21H24Br2O5S. The SMILES string of the molecule is CCc1ccc(Cc2cc(Br)cc(Br)c2O[C@H]2S[C@@H](CO)[C@@H](O)[C@H](O)[C@H]2O)cc1. The number of hydrogen-bond acceptors (Lipinski definition) is 6. The third-order valence-corrected chi connectivity index (χ3v) is 7.46. The lowest BCUT2D eigenvalue weighted by Crippen LogP contribution is -2.55. The van der Waals surface area contributed by atoms with E-state index in [4.69, 9.17) is 4.74 Å². The van der Waals surface area contributed by atoms with Crippen LogP contribution in [0, 0.1) is 0 Å². The Morgan fingerprint density at radius 3 is 2.24 bits per heavy atom. The molecule has 2 aromatic rings. The minimum Gasteiger partial charge on any atom is -0.475 e. The Kier molecular flexibility index (Phi) is 8.06. The first kappa shape index (κ1) is 23.1. The van der Waals surface area contributed by atoms with Crippen LogP contribution in [0.4, 0.5) is 0 Å². The molecule has 3 rings (SSSR count). The summed E-state index contributed by atoms with van der Waals surface area (Å²) in [6, 6.07) is 12.2. The van der Waals surface area contributed by atoms with Gasteiger partial charge in [0.2, 0.25) is 0 Å². The van der Waals surface area contributed by atoms with Crippen LogP contribution in [0.25, 0.3) is 0 Å². The molecule has 5 atom stereocenters. The molecule has 1 fully saturated rings. The predicted molar refractivity (Wildman–Crippen MR) is 121 cm³/mol. The first-order valence-electron chi connectivity index (χ1n) is 9.37. The Hall–Kier alpha value is -0.610. The summed E-state index contributed by atoms with van der Waals surface area (Å²) in [5.74, 6) is 0.560. The third kappa shape index (κ3) is 5.36. The molecule has 1 heterocycles. The summed E-state index contributed by atoms with van der Waals surface area (Å²) >= 11 is 8.16. The van der Waals surface area contributed by atoms with Gasteiger partial charge in [0.15, 0.2) is 5.44 Å². The molecule has 8 heteroatoms. The second kappa shape index (κ2) is 10.1. The van der Waals surface area contributed by atoms with Gasteiger partial charge in [0.05, 0.1) is 22.4 Å². The number of hydrogen-bond donors (Lipinski definition) is 4. The molecule has 4 N–H and O–H groups in total. The summed E-state index contributed by atoms with van der Waals surface area (Å²) < 4.78 is 7.71. The zero-order chi connectivity index (χ0) is 21.1. The molecular weight excluding hydrogens is 524 g/mol. The van der Waals surface area contributed by atoms with Gasteiger partial charge in [0.25, 0.3) is 0 Å². The van der Waals surface area contributed by atoms with Gasteiger partial charge in [-0.3, -0.25) is 0 Å². The number of aryl methyl sites for hydroxylation is 1. The highest BCUT2D eigenvalue weighted by Gasteiger charge is 2.44. The van der Waals surface area contributed by atoms with E-state index in [0.29, 0.717) is 16.6 Å². The molecule has 0 aliphatic carbocycles. The summed E-state index contributed by atoms with van der Waals surface area (Å²) in [6.07, 6.45) is -2.29. The average Bonchev–Trinajstić information content (AvgIpc) is 2.71. The van der Waals surface area contributed by atoms with Crippen LogP contribution in [-0.4, -0.2) is 56.0 Å². The number of halogens is 2. The Labute approximate surface area is 191 Å². The fraction of sp³-hybridized carbons (Fsp3) is 0.429. The van der Waals surface area contributed by atoms with Gasteiger partial charge < -0.3 is 25.2 Å². The van der Waals surface area contributed by atoms with Crippen molar-refractivity contribution in [3.8, 4) is 5.75 Å². The van der Waals surface area contributed by atoms with Gasteiger partial charge in [-0.1, -0.05) is 47.1 Å². The molecule has 1 aliphatic rings. The van der Waals surface area contributed by atoms with Crippen LogP contribution >= 0.6 is 43.6 Å². The molecule has 1 aliphatic heterocycles. The standard InChI is InChI=1S/C21H24Br2O5S/c1-2-11-3-5-12(6-4-11)7-13-8-14(22)9-15(23)20(13)28-21-19(27)18(26)17(25)16(10-24)29-21/h3-6,8-9,16-19,21,24-27H,2,7,10H2,1H3/t16-,17+,18-,19+,21-/m0/s1. The van der Waals surface area contributed by atoms with Crippen LogP contribution in [-0.2, 0) is 12.8 Å². The number of ether oxygens (including phenoxy) is 1. The third-order valence-electron chi connectivity index (χ3n) is 4.99. The first-order valence-corrected chi connectivity index (χ1v) is 11.9. The van der Waals surface area contributed by atoms with Crippen LogP contribution in [0.1, 0.15) is 23.6 Å². The van der Waals surface area contributed by atoms with Crippen LogP contribution in [0.15, 0.2) is 45.3 Å². The van der Waals surface area contributed by atoms with Crippen LogP contribution in [0.5, 0.6) is 5.75 Å². The summed E-state index contributed by atoms with van der Waals surface area (Å²) in [4.78, 5) is 0. The number of thioether (sulfide) groups is 1. The smallest absolute Gasteiger partial charge is 0.173 e. The van der Waals surface area contributed by atoms with Crippen molar-refractivity contribution in [2.24, 2.45) is 0 Å². The summed E-state index contributed by atoms with van der Waals surface area (Å²) in [7, 11) is 0. The molecule has 0 radical (unpaired) electrons. The maximum atomic E-state index is 10.4. The highest BCUT2D eigenvalue weighted by Crippen LogP contribution is 2.40. The van der Waals surface area contributed by atoms with Crippen molar-refractivity contribution in [3.05, 3.63) is 62.0 Å². The van der Waals surface area contributed by atoms with Crippen molar-refractivity contribution in [3.63, 3.8) is 0 Å². The molecule has 1 saturated heterocycles. The van der Waals surface area contributed by atoms with Gasteiger partial charge in [-0.25, -0.2) is 0 Å². The molecule has 0 saturated carbocycles. The molecule has 0 spiro atoms. The Bertz CT molecular complexity index is 831. The molecule has 0 aromatic heterocycles. The van der Waals surface area contributed by atoms with Gasteiger partial charge in [0.1, 0.15) is 18.0 Å². The van der Waals surface area contributed by atoms with Crippen molar-refractivity contribution < 1.29 is 25.2 Å². The maximum Gasteiger partial charge on any atom is 0.173 e. The minimum atomic E-state index is -1.39. The van der Waals surface area contributed by atoms with E-state index in [-0.39, 0.29) is 6.61 Å². The molecule has 0 bridgehead atoms. The van der Waals surface area contributed by atoms with Crippen molar-refractivity contribution >= 4 is 43.6 Å². The van der Waals surface area contributed by atoms with Gasteiger partial charge in [-0.2, -0.15) is 0 Å². The van der Waals surface area contributed by atoms with E-state index in [1.54, 1.807) is 0 Å². The van der Waals surface area contributed by atoms with E-state index < -0.39 is 29.0 Å². The number of aliphatic hydroxyl groups is 4. The highest BCUT2D eigenvalue weighted by atomic mass is 79.9. The van der Waals surface area contributed by atoms with E-state index in [9.17, 15) is 20.4 Å². The topological polar surface area (TPSA) is 90.2 Å². The molecule has 0 amide bonds. The Balaban J connectivity index is 1.88. The lowest BCUT2D eigenvalue weighted by atomic mass is 10.0. The quantitative estimate of drug-likeness (QED) is 0.444. The van der Waals surface area contributed by atoms with Crippen molar-refractivity contribution in [1.82, 2.24) is 0 Å². The monoisotopic (exact) mass is 546 g/mol. The molecule has 2 aromatic carbocycles. The molecule has 0 unspecified atom stereocenters. The normalized spacial score (nSPS) is 27.1. The lowest BCUT2D eigenvalue weighted by Gasteiger charge is -2.39. The van der Waals surface area contributed by atoms with Gasteiger partial charge in [0, 0.05) is 16.5 Å². The van der Waals surface area contributed by atoms with Crippen LogP contribution in [0.2, 0.25) is 0 Å². The first-order chi connectivity index (χ1) is 13.8. The van der Waals surface area contributed by atoms with Gasteiger partial charge in [-0.05, 0) is 45.6 Å². The van der Waals surface area contributed by atoms with E-state index in [1.807, 2.05) is 12.1 Å². The van der Waals surface area contributed by atoms with Crippen molar-refractivity contribution in [1.29, 1.82) is 0 Å². The number of benzene rings is 2. The second-order valence-electron chi connectivity index (χ2n) is 7.04. The molecule has 29 heavy (non-hydrogen) atoms. The second-order valence-corrected chi connectivity index (χ2v) is 10.2. The zero-order valence-electron chi connectivity index (χ0n) is 15.8.